The highest BCUT2D eigenvalue weighted by Gasteiger charge is 2.14. The average Bonchev–Trinajstić information content (AvgIpc) is 3.38. The summed E-state index contributed by atoms with van der Waals surface area (Å²) in [4.78, 5) is 8.76. The van der Waals surface area contributed by atoms with Gasteiger partial charge in [-0.05, 0) is 30.3 Å². The van der Waals surface area contributed by atoms with Crippen molar-refractivity contribution in [3.05, 3.63) is 58.1 Å². The predicted octanol–water partition coefficient (Wildman–Crippen LogP) is 4.26. The minimum absolute atomic E-state index is 0.238. The number of aromatic nitrogens is 6. The summed E-state index contributed by atoms with van der Waals surface area (Å²) in [7, 11) is 0. The number of nitrogens with zero attached hydrogens (tertiary/aromatic N) is 5. The molecule has 0 bridgehead atoms. The van der Waals surface area contributed by atoms with Crippen molar-refractivity contribution in [3.63, 3.8) is 0 Å². The van der Waals surface area contributed by atoms with Gasteiger partial charge in [-0.25, -0.2) is 14.5 Å². The first-order valence-electron chi connectivity index (χ1n) is 7.89. The van der Waals surface area contributed by atoms with Gasteiger partial charge in [0.1, 0.15) is 24.4 Å². The largest absolute Gasteiger partial charge is 0.484 e. The molecule has 27 heavy (non-hydrogen) atoms. The zero-order valence-corrected chi connectivity index (χ0v) is 15.9. The van der Waals surface area contributed by atoms with Crippen molar-refractivity contribution in [3.8, 4) is 17.3 Å². The molecule has 134 valence electrons. The van der Waals surface area contributed by atoms with E-state index in [9.17, 15) is 0 Å². The van der Waals surface area contributed by atoms with E-state index < -0.39 is 0 Å². The van der Waals surface area contributed by atoms with Crippen LogP contribution in [0.25, 0.3) is 28.3 Å². The van der Waals surface area contributed by atoms with Crippen molar-refractivity contribution in [2.24, 2.45) is 0 Å². The van der Waals surface area contributed by atoms with E-state index in [1.165, 1.54) is 0 Å². The molecule has 0 aliphatic heterocycles. The number of fused-ring (bicyclic) bond motifs is 3. The molecule has 4 heterocycles. The SMILES string of the molecule is Clc1cc(Br)ccc1OCc1ccc(-c2nc3c4cn[nH]c4ncn3n2)o1. The monoisotopic (exact) mass is 444 g/mol. The van der Waals surface area contributed by atoms with E-state index >= 15 is 0 Å². The van der Waals surface area contributed by atoms with E-state index in [1.54, 1.807) is 35.2 Å². The van der Waals surface area contributed by atoms with Crippen LogP contribution in [0.4, 0.5) is 0 Å². The molecule has 0 unspecified atom stereocenters. The van der Waals surface area contributed by atoms with Gasteiger partial charge >= 0.3 is 0 Å². The number of nitrogens with one attached hydrogen (secondary N) is 1. The van der Waals surface area contributed by atoms with Gasteiger partial charge in [-0.3, -0.25) is 5.10 Å². The molecule has 4 aromatic heterocycles. The molecule has 0 fully saturated rings. The van der Waals surface area contributed by atoms with Crippen molar-refractivity contribution < 1.29 is 9.15 Å². The third-order valence-corrected chi connectivity index (χ3v) is 4.72. The maximum absolute atomic E-state index is 6.16. The topological polar surface area (TPSA) is 94.1 Å². The first-order valence-corrected chi connectivity index (χ1v) is 9.06. The third kappa shape index (κ3) is 2.94. The Morgan fingerprint density at radius 1 is 1.26 bits per heavy atom. The number of rotatable bonds is 4. The van der Waals surface area contributed by atoms with Gasteiger partial charge in [0.05, 0.1) is 16.6 Å². The number of H-pyrrole nitrogens is 1. The van der Waals surface area contributed by atoms with Crippen LogP contribution in [-0.4, -0.2) is 29.8 Å². The van der Waals surface area contributed by atoms with Crippen LogP contribution in [0, 0.1) is 0 Å². The van der Waals surface area contributed by atoms with Crippen LogP contribution in [0.3, 0.4) is 0 Å². The number of halogens is 2. The predicted molar refractivity (Wildman–Crippen MR) is 102 cm³/mol. The van der Waals surface area contributed by atoms with Crippen LogP contribution in [-0.2, 0) is 6.61 Å². The molecular weight excluding hydrogens is 436 g/mol. The summed E-state index contributed by atoms with van der Waals surface area (Å²) in [5.74, 6) is 2.21. The van der Waals surface area contributed by atoms with Gasteiger partial charge in [-0.2, -0.15) is 5.10 Å². The molecule has 0 radical (unpaired) electrons. The number of hydrogen-bond donors (Lipinski definition) is 1. The summed E-state index contributed by atoms with van der Waals surface area (Å²) in [5, 5.41) is 12.5. The van der Waals surface area contributed by atoms with Crippen molar-refractivity contribution in [1.29, 1.82) is 0 Å². The molecule has 0 aliphatic carbocycles. The quantitative estimate of drug-likeness (QED) is 0.444. The highest BCUT2D eigenvalue weighted by atomic mass is 79.9. The van der Waals surface area contributed by atoms with Crippen LogP contribution in [0.15, 0.2) is 51.7 Å². The number of hydrogen-bond acceptors (Lipinski definition) is 6. The molecule has 8 nitrogen and oxygen atoms in total. The van der Waals surface area contributed by atoms with Crippen LogP contribution in [0.1, 0.15) is 5.76 Å². The van der Waals surface area contributed by atoms with Gasteiger partial charge in [-0.15, -0.1) is 5.10 Å². The van der Waals surface area contributed by atoms with E-state index in [2.05, 4.69) is 41.2 Å². The van der Waals surface area contributed by atoms with Crippen LogP contribution < -0.4 is 4.74 Å². The molecule has 0 spiro atoms. The lowest BCUT2D eigenvalue weighted by molar-refractivity contribution is 0.272. The summed E-state index contributed by atoms with van der Waals surface area (Å²) >= 11 is 9.52. The second-order valence-electron chi connectivity index (χ2n) is 5.71. The molecule has 0 saturated heterocycles. The Morgan fingerprint density at radius 2 is 2.19 bits per heavy atom. The molecule has 10 heteroatoms. The number of furan rings is 1. The summed E-state index contributed by atoms with van der Waals surface area (Å²) in [5.41, 5.74) is 1.31. The molecule has 0 saturated carbocycles. The molecule has 1 N–H and O–H groups in total. The molecule has 5 aromatic rings. The zero-order chi connectivity index (χ0) is 18.4. The highest BCUT2D eigenvalue weighted by molar-refractivity contribution is 9.10. The Hall–Kier alpha value is -2.91. The highest BCUT2D eigenvalue weighted by Crippen LogP contribution is 2.29. The van der Waals surface area contributed by atoms with E-state index in [0.29, 0.717) is 39.4 Å². The molecule has 1 aromatic carbocycles. The van der Waals surface area contributed by atoms with Gasteiger partial charge in [0.2, 0.25) is 5.82 Å². The van der Waals surface area contributed by atoms with E-state index in [-0.39, 0.29) is 6.61 Å². The lowest BCUT2D eigenvalue weighted by atomic mass is 10.3. The first-order chi connectivity index (χ1) is 13.2. The lowest BCUT2D eigenvalue weighted by Crippen LogP contribution is -1.94. The Balaban J connectivity index is 1.40. The van der Waals surface area contributed by atoms with Crippen molar-refractivity contribution >= 4 is 44.2 Å². The molecule has 5 rings (SSSR count). The van der Waals surface area contributed by atoms with Crippen LogP contribution in [0.5, 0.6) is 5.75 Å². The number of benzene rings is 1. The Labute approximate surface area is 165 Å². The molecule has 0 aliphatic rings. The fourth-order valence-electron chi connectivity index (χ4n) is 2.66. The summed E-state index contributed by atoms with van der Waals surface area (Å²) < 4.78 is 14.0. The van der Waals surface area contributed by atoms with Crippen molar-refractivity contribution in [2.45, 2.75) is 6.61 Å². The second kappa shape index (κ2) is 6.36. The maximum atomic E-state index is 6.16. The Bertz CT molecular complexity index is 1280. The Morgan fingerprint density at radius 3 is 3.07 bits per heavy atom. The van der Waals surface area contributed by atoms with Gasteiger partial charge in [-0.1, -0.05) is 27.5 Å². The van der Waals surface area contributed by atoms with Gasteiger partial charge in [0, 0.05) is 4.47 Å². The van der Waals surface area contributed by atoms with E-state index in [4.69, 9.17) is 20.8 Å². The van der Waals surface area contributed by atoms with Gasteiger partial charge < -0.3 is 9.15 Å². The maximum Gasteiger partial charge on any atom is 0.217 e. The molecule has 0 amide bonds. The zero-order valence-electron chi connectivity index (χ0n) is 13.6. The van der Waals surface area contributed by atoms with E-state index in [1.807, 2.05) is 12.1 Å². The lowest BCUT2D eigenvalue weighted by Gasteiger charge is -2.06. The smallest absolute Gasteiger partial charge is 0.217 e. The molecular formula is C17H10BrClN6O2. The molecule has 0 atom stereocenters. The summed E-state index contributed by atoms with van der Waals surface area (Å²) in [6.07, 6.45) is 3.24. The van der Waals surface area contributed by atoms with Crippen molar-refractivity contribution in [2.75, 3.05) is 0 Å². The standard InChI is InChI=1S/C17H10BrClN6O2/c18-9-1-3-13(12(19)5-9)26-7-10-2-4-14(27-10)16-22-17-11-6-21-23-15(11)20-8-25(17)24-16/h1-6,8H,7H2,(H,21,23). The van der Waals surface area contributed by atoms with E-state index in [0.717, 1.165) is 9.86 Å². The normalized spacial score (nSPS) is 11.5. The summed E-state index contributed by atoms with van der Waals surface area (Å²) in [6.45, 7) is 0.238. The van der Waals surface area contributed by atoms with Crippen LogP contribution in [0.2, 0.25) is 5.02 Å². The summed E-state index contributed by atoms with van der Waals surface area (Å²) in [6, 6.07) is 9.05. The number of aromatic amines is 1. The van der Waals surface area contributed by atoms with Crippen molar-refractivity contribution in [1.82, 2.24) is 29.8 Å². The average molecular weight is 446 g/mol. The fraction of sp³-hybridized carbons (Fsp3) is 0.0588. The second-order valence-corrected chi connectivity index (χ2v) is 7.03. The minimum Gasteiger partial charge on any atom is -0.484 e. The minimum atomic E-state index is 0.238. The van der Waals surface area contributed by atoms with Crippen LogP contribution >= 0.6 is 27.5 Å². The Kier molecular flexibility index (Phi) is 3.83. The third-order valence-electron chi connectivity index (χ3n) is 3.93. The van der Waals surface area contributed by atoms with Gasteiger partial charge in [0.15, 0.2) is 17.1 Å². The fourth-order valence-corrected chi connectivity index (χ4v) is 3.39. The van der Waals surface area contributed by atoms with Gasteiger partial charge in [0.25, 0.3) is 0 Å². The first kappa shape index (κ1) is 16.3. The number of ether oxygens (including phenoxy) is 1.